The van der Waals surface area contributed by atoms with Crippen molar-refractivity contribution >= 4 is 5.96 Å². The van der Waals surface area contributed by atoms with Gasteiger partial charge in [0.15, 0.2) is 5.96 Å². The number of ether oxygens (including phenoxy) is 1. The van der Waals surface area contributed by atoms with Gasteiger partial charge in [0.2, 0.25) is 0 Å². The van der Waals surface area contributed by atoms with Crippen LogP contribution in [0.4, 0.5) is 0 Å². The van der Waals surface area contributed by atoms with E-state index in [9.17, 15) is 0 Å². The van der Waals surface area contributed by atoms with E-state index in [-0.39, 0.29) is 0 Å². The summed E-state index contributed by atoms with van der Waals surface area (Å²) in [5.74, 6) is 1.43. The highest BCUT2D eigenvalue weighted by molar-refractivity contribution is 5.77. The van der Waals surface area contributed by atoms with Gasteiger partial charge in [-0.15, -0.1) is 0 Å². The molecule has 0 aromatic heterocycles. The van der Waals surface area contributed by atoms with Gasteiger partial charge in [0.05, 0.1) is 7.11 Å². The molecular formula is C13H21N3O. The van der Waals surface area contributed by atoms with Crippen LogP contribution in [0.3, 0.4) is 0 Å². The van der Waals surface area contributed by atoms with Crippen molar-refractivity contribution in [3.63, 3.8) is 0 Å². The smallest absolute Gasteiger partial charge is 0.188 e. The summed E-state index contributed by atoms with van der Waals surface area (Å²) in [5, 5.41) is 2.97. The number of aliphatic imine (C=N–C) groups is 1. The highest BCUT2D eigenvalue weighted by Crippen LogP contribution is 2.19. The van der Waals surface area contributed by atoms with Crippen LogP contribution in [0, 0.1) is 6.92 Å². The Balaban J connectivity index is 2.55. The maximum atomic E-state index is 5.64. The van der Waals surface area contributed by atoms with Gasteiger partial charge in [-0.1, -0.05) is 12.1 Å². The molecular weight excluding hydrogens is 214 g/mol. The number of nitrogens with two attached hydrogens (primary N) is 1. The molecule has 0 atom stereocenters. The third kappa shape index (κ3) is 4.34. The Labute approximate surface area is 103 Å². The maximum Gasteiger partial charge on any atom is 0.188 e. The highest BCUT2D eigenvalue weighted by Gasteiger charge is 2.00. The van der Waals surface area contributed by atoms with Gasteiger partial charge in [-0.05, 0) is 37.5 Å². The van der Waals surface area contributed by atoms with Gasteiger partial charge in [0, 0.05) is 13.1 Å². The second kappa shape index (κ2) is 6.78. The van der Waals surface area contributed by atoms with Gasteiger partial charge in [-0.3, -0.25) is 4.99 Å². The molecule has 0 fully saturated rings. The lowest BCUT2D eigenvalue weighted by Gasteiger charge is -2.07. The predicted octanol–water partition coefficient (Wildman–Crippen LogP) is 1.47. The Morgan fingerprint density at radius 2 is 2.24 bits per heavy atom. The van der Waals surface area contributed by atoms with Crippen molar-refractivity contribution in [2.24, 2.45) is 10.7 Å². The summed E-state index contributed by atoms with van der Waals surface area (Å²) in [5.41, 5.74) is 8.00. The monoisotopic (exact) mass is 235 g/mol. The number of methoxy groups -OCH3 is 1. The first kappa shape index (κ1) is 13.4. The Hall–Kier alpha value is -1.71. The van der Waals surface area contributed by atoms with Gasteiger partial charge in [-0.2, -0.15) is 0 Å². The number of rotatable bonds is 5. The van der Waals surface area contributed by atoms with Crippen molar-refractivity contribution in [2.45, 2.75) is 20.3 Å². The van der Waals surface area contributed by atoms with Crippen molar-refractivity contribution in [3.05, 3.63) is 29.3 Å². The van der Waals surface area contributed by atoms with E-state index >= 15 is 0 Å². The average Bonchev–Trinajstić information content (AvgIpc) is 2.31. The van der Waals surface area contributed by atoms with E-state index in [1.54, 1.807) is 7.11 Å². The van der Waals surface area contributed by atoms with Crippen LogP contribution in [0.5, 0.6) is 5.75 Å². The molecule has 0 aliphatic rings. The van der Waals surface area contributed by atoms with Gasteiger partial charge in [0.1, 0.15) is 5.75 Å². The average molecular weight is 235 g/mol. The van der Waals surface area contributed by atoms with Crippen LogP contribution in [0.15, 0.2) is 23.2 Å². The largest absolute Gasteiger partial charge is 0.496 e. The molecule has 0 radical (unpaired) electrons. The van der Waals surface area contributed by atoms with Crippen LogP contribution in [0.2, 0.25) is 0 Å². The van der Waals surface area contributed by atoms with Crippen molar-refractivity contribution in [3.8, 4) is 5.75 Å². The van der Waals surface area contributed by atoms with Gasteiger partial charge in [-0.25, -0.2) is 0 Å². The Bertz CT molecular complexity index is 388. The maximum absolute atomic E-state index is 5.64. The van der Waals surface area contributed by atoms with Crippen molar-refractivity contribution < 1.29 is 4.74 Å². The van der Waals surface area contributed by atoms with Crippen molar-refractivity contribution in [1.29, 1.82) is 0 Å². The summed E-state index contributed by atoms with van der Waals surface area (Å²) >= 11 is 0. The van der Waals surface area contributed by atoms with Crippen LogP contribution in [-0.4, -0.2) is 26.2 Å². The predicted molar refractivity (Wildman–Crippen MR) is 71.6 cm³/mol. The Morgan fingerprint density at radius 1 is 1.47 bits per heavy atom. The first-order valence-electron chi connectivity index (χ1n) is 5.84. The number of guanidine groups is 1. The minimum absolute atomic E-state index is 0.506. The third-order valence-corrected chi connectivity index (χ3v) is 2.51. The zero-order chi connectivity index (χ0) is 12.7. The second-order valence-electron chi connectivity index (χ2n) is 3.85. The number of hydrogen-bond acceptors (Lipinski definition) is 2. The fraction of sp³-hybridized carbons (Fsp3) is 0.462. The molecule has 3 N–H and O–H groups in total. The van der Waals surface area contributed by atoms with Crippen molar-refractivity contribution in [2.75, 3.05) is 20.2 Å². The summed E-state index contributed by atoms with van der Waals surface area (Å²) in [7, 11) is 1.69. The standard InChI is InChI=1S/C13H21N3O/c1-4-15-13(14)16-8-7-11-6-5-10(2)12(9-11)17-3/h5-6,9H,4,7-8H2,1-3H3,(H3,14,15,16). The Kier molecular flexibility index (Phi) is 5.33. The lowest BCUT2D eigenvalue weighted by molar-refractivity contribution is 0.411. The molecule has 17 heavy (non-hydrogen) atoms. The Morgan fingerprint density at radius 3 is 2.88 bits per heavy atom. The summed E-state index contributed by atoms with van der Waals surface area (Å²) in [4.78, 5) is 4.23. The lowest BCUT2D eigenvalue weighted by Crippen LogP contribution is -2.31. The molecule has 0 saturated heterocycles. The number of hydrogen-bond donors (Lipinski definition) is 2. The molecule has 1 aromatic carbocycles. The summed E-state index contributed by atoms with van der Waals surface area (Å²) < 4.78 is 5.28. The van der Waals surface area contributed by atoms with Crippen LogP contribution >= 0.6 is 0 Å². The van der Waals surface area contributed by atoms with Gasteiger partial charge >= 0.3 is 0 Å². The molecule has 0 bridgehead atoms. The molecule has 1 rings (SSSR count). The first-order valence-corrected chi connectivity index (χ1v) is 5.84. The molecule has 0 aliphatic carbocycles. The number of benzene rings is 1. The van der Waals surface area contributed by atoms with Crippen LogP contribution < -0.4 is 15.8 Å². The molecule has 0 spiro atoms. The minimum Gasteiger partial charge on any atom is -0.496 e. The van der Waals surface area contributed by atoms with E-state index in [0.717, 1.165) is 24.3 Å². The molecule has 4 nitrogen and oxygen atoms in total. The summed E-state index contributed by atoms with van der Waals surface area (Å²) in [6, 6.07) is 6.20. The van der Waals surface area contributed by atoms with E-state index in [4.69, 9.17) is 10.5 Å². The van der Waals surface area contributed by atoms with Crippen LogP contribution in [-0.2, 0) is 6.42 Å². The van der Waals surface area contributed by atoms with Crippen molar-refractivity contribution in [1.82, 2.24) is 5.32 Å². The molecule has 0 aliphatic heterocycles. The zero-order valence-corrected chi connectivity index (χ0v) is 10.8. The minimum atomic E-state index is 0.506. The molecule has 1 aromatic rings. The summed E-state index contributed by atoms with van der Waals surface area (Å²) in [6.07, 6.45) is 0.864. The number of nitrogens with zero attached hydrogens (tertiary/aromatic N) is 1. The quantitative estimate of drug-likeness (QED) is 0.600. The second-order valence-corrected chi connectivity index (χ2v) is 3.85. The van der Waals surface area contributed by atoms with E-state index in [1.165, 1.54) is 5.56 Å². The molecule has 0 unspecified atom stereocenters. The zero-order valence-electron chi connectivity index (χ0n) is 10.8. The summed E-state index contributed by atoms with van der Waals surface area (Å²) in [6.45, 7) is 5.51. The third-order valence-electron chi connectivity index (χ3n) is 2.51. The first-order chi connectivity index (χ1) is 8.17. The molecule has 0 heterocycles. The topological polar surface area (TPSA) is 59.6 Å². The number of aryl methyl sites for hydroxylation is 1. The van der Waals surface area contributed by atoms with Crippen LogP contribution in [0.25, 0.3) is 0 Å². The lowest BCUT2D eigenvalue weighted by atomic mass is 10.1. The van der Waals surface area contributed by atoms with E-state index in [0.29, 0.717) is 12.5 Å². The normalized spacial score (nSPS) is 11.4. The molecule has 0 amide bonds. The van der Waals surface area contributed by atoms with E-state index in [2.05, 4.69) is 22.4 Å². The van der Waals surface area contributed by atoms with Gasteiger partial charge < -0.3 is 15.8 Å². The highest BCUT2D eigenvalue weighted by atomic mass is 16.5. The fourth-order valence-corrected chi connectivity index (χ4v) is 1.56. The number of nitrogens with one attached hydrogen (secondary N) is 1. The fourth-order valence-electron chi connectivity index (χ4n) is 1.56. The van der Waals surface area contributed by atoms with Crippen LogP contribution in [0.1, 0.15) is 18.1 Å². The molecule has 94 valence electrons. The van der Waals surface area contributed by atoms with E-state index < -0.39 is 0 Å². The van der Waals surface area contributed by atoms with E-state index in [1.807, 2.05) is 19.9 Å². The SMILES string of the molecule is CCNC(N)=NCCc1ccc(C)c(OC)c1. The molecule has 0 saturated carbocycles. The van der Waals surface area contributed by atoms with Gasteiger partial charge in [0.25, 0.3) is 0 Å². The molecule has 4 heteroatoms.